The first kappa shape index (κ1) is 20.0. The van der Waals surface area contributed by atoms with E-state index in [2.05, 4.69) is 82.8 Å². The molecule has 32 heavy (non-hydrogen) atoms. The van der Waals surface area contributed by atoms with Crippen LogP contribution in [0.1, 0.15) is 68.1 Å². The maximum Gasteiger partial charge on any atom is 0.227 e. The van der Waals surface area contributed by atoms with Crippen LogP contribution < -0.4 is 4.90 Å². The summed E-state index contributed by atoms with van der Waals surface area (Å²) in [7, 11) is 0. The van der Waals surface area contributed by atoms with Crippen LogP contribution in [0.5, 0.6) is 0 Å². The third kappa shape index (κ3) is 3.17. The molecule has 0 spiro atoms. The molecular formula is C27H33N5. The zero-order valence-corrected chi connectivity index (χ0v) is 19.2. The summed E-state index contributed by atoms with van der Waals surface area (Å²) in [6.07, 6.45) is 6.13. The average Bonchev–Trinajstić information content (AvgIpc) is 3.48. The number of hydrogen-bond acceptors (Lipinski definition) is 4. The van der Waals surface area contributed by atoms with E-state index >= 15 is 0 Å². The van der Waals surface area contributed by atoms with Crippen molar-refractivity contribution in [2.75, 3.05) is 4.90 Å². The molecule has 2 bridgehead atoms. The minimum Gasteiger partial charge on any atom is -0.333 e. The van der Waals surface area contributed by atoms with E-state index in [1.165, 1.54) is 42.4 Å². The molecule has 2 saturated heterocycles. The molecule has 2 fully saturated rings. The average molecular weight is 428 g/mol. The summed E-state index contributed by atoms with van der Waals surface area (Å²) < 4.78 is 2.42. The lowest BCUT2D eigenvalue weighted by atomic mass is 9.90. The Hall–Kier alpha value is -2.66. The Labute approximate surface area is 191 Å². The smallest absolute Gasteiger partial charge is 0.227 e. The Balaban J connectivity index is 1.39. The summed E-state index contributed by atoms with van der Waals surface area (Å²) in [6.45, 7) is 7.46. The maximum atomic E-state index is 4.88. The number of benzene rings is 2. The molecule has 1 aromatic heterocycles. The Bertz CT molecular complexity index is 1100. The van der Waals surface area contributed by atoms with Crippen molar-refractivity contribution < 1.29 is 0 Å². The molecule has 0 radical (unpaired) electrons. The first-order valence-electron chi connectivity index (χ1n) is 12.2. The van der Waals surface area contributed by atoms with E-state index in [9.17, 15) is 0 Å². The molecule has 1 atom stereocenters. The van der Waals surface area contributed by atoms with Gasteiger partial charge in [-0.3, -0.25) is 9.47 Å². The molecule has 5 heteroatoms. The van der Waals surface area contributed by atoms with Gasteiger partial charge in [0.2, 0.25) is 5.95 Å². The molecule has 3 aliphatic rings. The molecule has 1 unspecified atom stereocenters. The summed E-state index contributed by atoms with van der Waals surface area (Å²) in [5, 5.41) is 9.72. The van der Waals surface area contributed by atoms with Gasteiger partial charge in [0.05, 0.1) is 6.04 Å². The van der Waals surface area contributed by atoms with Gasteiger partial charge < -0.3 is 4.90 Å². The topological polar surface area (TPSA) is 37.2 Å². The van der Waals surface area contributed by atoms with Gasteiger partial charge in [0.25, 0.3) is 0 Å². The molecule has 0 amide bonds. The SMILES string of the molecule is CCn1c(C2Cc3ccccc3CN2Cc2ccccc2)nnc1N1C2CCC1(C)CC2. The highest BCUT2D eigenvalue weighted by Crippen LogP contribution is 2.48. The third-order valence-electron chi connectivity index (χ3n) is 8.14. The van der Waals surface area contributed by atoms with Crippen LogP contribution in [0.3, 0.4) is 0 Å². The molecule has 0 aliphatic carbocycles. The summed E-state index contributed by atoms with van der Waals surface area (Å²) in [4.78, 5) is 5.21. The first-order valence-corrected chi connectivity index (χ1v) is 12.2. The van der Waals surface area contributed by atoms with Gasteiger partial charge in [-0.25, -0.2) is 0 Å². The second-order valence-corrected chi connectivity index (χ2v) is 10.1. The Kier molecular flexibility index (Phi) is 4.83. The molecule has 4 heterocycles. The molecule has 2 aromatic carbocycles. The minimum atomic E-state index is 0.236. The third-order valence-corrected chi connectivity index (χ3v) is 8.14. The largest absolute Gasteiger partial charge is 0.333 e. The number of hydrogen-bond donors (Lipinski definition) is 0. The lowest BCUT2D eigenvalue weighted by Crippen LogP contribution is -2.40. The fourth-order valence-corrected chi connectivity index (χ4v) is 6.42. The minimum absolute atomic E-state index is 0.236. The lowest BCUT2D eigenvalue weighted by Gasteiger charge is -2.37. The lowest BCUT2D eigenvalue weighted by molar-refractivity contribution is 0.152. The molecule has 3 aliphatic heterocycles. The number of rotatable bonds is 5. The zero-order valence-electron chi connectivity index (χ0n) is 19.2. The quantitative estimate of drug-likeness (QED) is 0.566. The van der Waals surface area contributed by atoms with Crippen molar-refractivity contribution >= 4 is 5.95 Å². The fourth-order valence-electron chi connectivity index (χ4n) is 6.42. The van der Waals surface area contributed by atoms with Gasteiger partial charge in [-0.1, -0.05) is 54.6 Å². The molecule has 166 valence electrons. The number of nitrogens with zero attached hydrogens (tertiary/aromatic N) is 5. The van der Waals surface area contributed by atoms with Crippen LogP contribution in [0.2, 0.25) is 0 Å². The predicted octanol–water partition coefficient (Wildman–Crippen LogP) is 5.12. The van der Waals surface area contributed by atoms with E-state index in [1.807, 2.05) is 0 Å². The van der Waals surface area contributed by atoms with E-state index in [-0.39, 0.29) is 11.6 Å². The monoisotopic (exact) mass is 427 g/mol. The van der Waals surface area contributed by atoms with Crippen LogP contribution in [-0.2, 0) is 26.1 Å². The summed E-state index contributed by atoms with van der Waals surface area (Å²) in [6, 6.07) is 20.6. The van der Waals surface area contributed by atoms with E-state index < -0.39 is 0 Å². The van der Waals surface area contributed by atoms with Crippen molar-refractivity contribution in [3.8, 4) is 0 Å². The van der Waals surface area contributed by atoms with Crippen molar-refractivity contribution in [2.24, 2.45) is 0 Å². The molecule has 0 saturated carbocycles. The van der Waals surface area contributed by atoms with Crippen molar-refractivity contribution in [3.63, 3.8) is 0 Å². The molecule has 3 aromatic rings. The molecular weight excluding hydrogens is 394 g/mol. The number of aromatic nitrogens is 3. The first-order chi connectivity index (χ1) is 15.7. The molecule has 0 N–H and O–H groups in total. The van der Waals surface area contributed by atoms with Gasteiger partial charge in [0.15, 0.2) is 5.82 Å². The normalized spacial score (nSPS) is 27.1. The van der Waals surface area contributed by atoms with Crippen molar-refractivity contribution in [1.82, 2.24) is 19.7 Å². The predicted molar refractivity (Wildman–Crippen MR) is 127 cm³/mol. The van der Waals surface area contributed by atoms with E-state index in [1.54, 1.807) is 0 Å². The van der Waals surface area contributed by atoms with Crippen LogP contribution >= 0.6 is 0 Å². The van der Waals surface area contributed by atoms with Gasteiger partial charge in [0, 0.05) is 31.2 Å². The van der Waals surface area contributed by atoms with Crippen LogP contribution in [0.15, 0.2) is 54.6 Å². The Morgan fingerprint density at radius 2 is 1.66 bits per heavy atom. The van der Waals surface area contributed by atoms with Crippen molar-refractivity contribution in [2.45, 2.75) is 83.2 Å². The fraction of sp³-hybridized carbons (Fsp3) is 0.481. The van der Waals surface area contributed by atoms with Gasteiger partial charge in [-0.15, -0.1) is 10.2 Å². The maximum absolute atomic E-state index is 4.88. The van der Waals surface area contributed by atoms with Gasteiger partial charge in [-0.05, 0) is 62.6 Å². The van der Waals surface area contributed by atoms with Crippen LogP contribution in [0.4, 0.5) is 5.95 Å². The molecule has 6 rings (SSSR count). The highest BCUT2D eigenvalue weighted by molar-refractivity contribution is 5.44. The van der Waals surface area contributed by atoms with Gasteiger partial charge in [-0.2, -0.15) is 0 Å². The molecule has 5 nitrogen and oxygen atoms in total. The summed E-state index contributed by atoms with van der Waals surface area (Å²) >= 11 is 0. The van der Waals surface area contributed by atoms with E-state index in [0.29, 0.717) is 6.04 Å². The zero-order chi connectivity index (χ0) is 21.7. The Morgan fingerprint density at radius 1 is 0.938 bits per heavy atom. The number of fused-ring (bicyclic) bond motifs is 3. The van der Waals surface area contributed by atoms with Crippen LogP contribution in [0, 0.1) is 0 Å². The highest BCUT2D eigenvalue weighted by atomic mass is 15.5. The summed E-state index contributed by atoms with van der Waals surface area (Å²) in [5.41, 5.74) is 4.49. The van der Waals surface area contributed by atoms with Gasteiger partial charge >= 0.3 is 0 Å². The van der Waals surface area contributed by atoms with E-state index in [0.717, 1.165) is 37.8 Å². The van der Waals surface area contributed by atoms with Crippen LogP contribution in [-0.4, -0.2) is 31.2 Å². The highest BCUT2D eigenvalue weighted by Gasteiger charge is 2.50. The van der Waals surface area contributed by atoms with E-state index in [4.69, 9.17) is 10.2 Å². The van der Waals surface area contributed by atoms with Crippen molar-refractivity contribution in [1.29, 1.82) is 0 Å². The van der Waals surface area contributed by atoms with Crippen LogP contribution in [0.25, 0.3) is 0 Å². The number of anilines is 1. The second-order valence-electron chi connectivity index (χ2n) is 10.1. The van der Waals surface area contributed by atoms with Gasteiger partial charge in [0.1, 0.15) is 0 Å². The summed E-state index contributed by atoms with van der Waals surface area (Å²) in [5.74, 6) is 2.23. The standard InChI is InChI=1S/C27H33N5/c1-3-31-25(28-29-26(31)32-23-13-15-27(32,2)16-14-23)24-17-21-11-7-8-12-22(21)19-30(24)18-20-9-5-4-6-10-20/h4-12,23-24H,3,13-19H2,1-2H3. The second kappa shape index (κ2) is 7.73. The Morgan fingerprint density at radius 3 is 2.34 bits per heavy atom. The van der Waals surface area contributed by atoms with Crippen molar-refractivity contribution in [3.05, 3.63) is 77.1 Å².